The van der Waals surface area contributed by atoms with E-state index in [1.807, 2.05) is 44.2 Å². The second kappa shape index (κ2) is 8.27. The molecule has 1 N–H and O–H groups in total. The summed E-state index contributed by atoms with van der Waals surface area (Å²) in [6, 6.07) is 11.2. The number of aryl methyl sites for hydroxylation is 2. The smallest absolute Gasteiger partial charge is 0.331 e. The minimum absolute atomic E-state index is 0.274. The van der Waals surface area contributed by atoms with Gasteiger partial charge in [0.05, 0.1) is 5.69 Å². The standard InChI is InChI=1S/C21H20ClN3O3/c1-13-7-8-14(2)16(12-13)23-21(27)15(3)28-19(26)10-9-17-20(22)24-18-6-4-5-11-25(17)18/h4-12,15H,1-3H3,(H,23,27)/b10-9+/t15-/m1/s1. The topological polar surface area (TPSA) is 72.7 Å². The zero-order chi connectivity index (χ0) is 20.3. The number of carbonyl (C=O) groups is 2. The third kappa shape index (κ3) is 4.40. The Morgan fingerprint density at radius 3 is 2.82 bits per heavy atom. The second-order valence-corrected chi connectivity index (χ2v) is 6.79. The molecular formula is C21H20ClN3O3. The summed E-state index contributed by atoms with van der Waals surface area (Å²) in [5.41, 5.74) is 3.88. The Bertz CT molecular complexity index is 1070. The lowest BCUT2D eigenvalue weighted by molar-refractivity contribution is -0.148. The van der Waals surface area contributed by atoms with Crippen molar-refractivity contribution in [2.45, 2.75) is 26.9 Å². The Morgan fingerprint density at radius 2 is 2.04 bits per heavy atom. The first-order valence-corrected chi connectivity index (χ1v) is 9.12. The van der Waals surface area contributed by atoms with Gasteiger partial charge < -0.3 is 10.1 Å². The lowest BCUT2D eigenvalue weighted by atomic mass is 10.1. The van der Waals surface area contributed by atoms with Gasteiger partial charge >= 0.3 is 5.97 Å². The molecule has 144 valence electrons. The minimum Gasteiger partial charge on any atom is -0.449 e. The van der Waals surface area contributed by atoms with Crippen LogP contribution in [0.15, 0.2) is 48.7 Å². The summed E-state index contributed by atoms with van der Waals surface area (Å²) in [7, 11) is 0. The fourth-order valence-electron chi connectivity index (χ4n) is 2.65. The van der Waals surface area contributed by atoms with Gasteiger partial charge in [-0.25, -0.2) is 9.78 Å². The third-order valence-corrected chi connectivity index (χ3v) is 4.49. The van der Waals surface area contributed by atoms with Gasteiger partial charge in [-0.1, -0.05) is 29.8 Å². The largest absolute Gasteiger partial charge is 0.449 e. The van der Waals surface area contributed by atoms with Crippen LogP contribution in [0.2, 0.25) is 5.15 Å². The highest BCUT2D eigenvalue weighted by molar-refractivity contribution is 6.31. The van der Waals surface area contributed by atoms with E-state index < -0.39 is 18.0 Å². The van der Waals surface area contributed by atoms with Gasteiger partial charge in [-0.3, -0.25) is 9.20 Å². The quantitative estimate of drug-likeness (QED) is 0.517. The molecule has 7 heteroatoms. The Kier molecular flexibility index (Phi) is 5.80. The first-order valence-electron chi connectivity index (χ1n) is 8.74. The van der Waals surface area contributed by atoms with Crippen LogP contribution in [-0.4, -0.2) is 27.4 Å². The van der Waals surface area contributed by atoms with Crippen molar-refractivity contribution in [3.05, 3.63) is 70.6 Å². The van der Waals surface area contributed by atoms with Crippen LogP contribution in [0.25, 0.3) is 11.7 Å². The summed E-state index contributed by atoms with van der Waals surface area (Å²) < 4.78 is 6.95. The predicted octanol–water partition coefficient (Wildman–Crippen LogP) is 4.19. The molecule has 1 aromatic carbocycles. The number of esters is 1. The molecule has 0 radical (unpaired) electrons. The molecule has 2 heterocycles. The fraction of sp³-hybridized carbons (Fsp3) is 0.190. The number of anilines is 1. The summed E-state index contributed by atoms with van der Waals surface area (Å²) in [6.45, 7) is 5.36. The third-order valence-electron chi connectivity index (χ3n) is 4.21. The summed E-state index contributed by atoms with van der Waals surface area (Å²) in [5, 5.41) is 3.06. The molecule has 28 heavy (non-hydrogen) atoms. The Hall–Kier alpha value is -3.12. The van der Waals surface area contributed by atoms with Crippen LogP contribution in [-0.2, 0) is 14.3 Å². The summed E-state index contributed by atoms with van der Waals surface area (Å²) in [4.78, 5) is 28.6. The molecule has 6 nitrogen and oxygen atoms in total. The number of aromatic nitrogens is 2. The van der Waals surface area contributed by atoms with Crippen molar-refractivity contribution in [2.75, 3.05) is 5.32 Å². The van der Waals surface area contributed by atoms with E-state index in [1.54, 1.807) is 16.7 Å². The van der Waals surface area contributed by atoms with Crippen molar-refractivity contribution in [3.63, 3.8) is 0 Å². The number of hydrogen-bond acceptors (Lipinski definition) is 4. The molecular weight excluding hydrogens is 378 g/mol. The number of carbonyl (C=O) groups excluding carboxylic acids is 2. The highest BCUT2D eigenvalue weighted by Gasteiger charge is 2.18. The van der Waals surface area contributed by atoms with Crippen molar-refractivity contribution in [1.29, 1.82) is 0 Å². The second-order valence-electron chi connectivity index (χ2n) is 6.44. The number of rotatable bonds is 5. The van der Waals surface area contributed by atoms with Crippen molar-refractivity contribution in [3.8, 4) is 0 Å². The monoisotopic (exact) mass is 397 g/mol. The molecule has 3 aromatic rings. The maximum atomic E-state index is 12.3. The lowest BCUT2D eigenvalue weighted by Gasteiger charge is -2.14. The molecule has 0 aliphatic rings. The number of fused-ring (bicyclic) bond motifs is 1. The van der Waals surface area contributed by atoms with E-state index in [0.29, 0.717) is 17.0 Å². The van der Waals surface area contributed by atoms with E-state index in [-0.39, 0.29) is 5.15 Å². The molecule has 0 aliphatic carbocycles. The highest BCUT2D eigenvalue weighted by Crippen LogP contribution is 2.19. The summed E-state index contributed by atoms with van der Waals surface area (Å²) in [5.74, 6) is -1.05. The van der Waals surface area contributed by atoms with Crippen molar-refractivity contribution in [2.24, 2.45) is 0 Å². The van der Waals surface area contributed by atoms with Gasteiger partial charge in [0.25, 0.3) is 5.91 Å². The zero-order valence-electron chi connectivity index (χ0n) is 15.8. The van der Waals surface area contributed by atoms with E-state index >= 15 is 0 Å². The molecule has 1 atom stereocenters. The number of imidazole rings is 1. The van der Waals surface area contributed by atoms with Gasteiger partial charge in [0.2, 0.25) is 0 Å². The number of ether oxygens (including phenoxy) is 1. The number of halogens is 1. The Morgan fingerprint density at radius 1 is 1.25 bits per heavy atom. The number of amides is 1. The SMILES string of the molecule is Cc1ccc(C)c(NC(=O)[C@@H](C)OC(=O)/C=C/c2c(Cl)nc3ccccn23)c1. The van der Waals surface area contributed by atoms with Crippen LogP contribution in [0.5, 0.6) is 0 Å². The molecule has 0 unspecified atom stereocenters. The van der Waals surface area contributed by atoms with Crippen LogP contribution in [0, 0.1) is 13.8 Å². The van der Waals surface area contributed by atoms with Crippen LogP contribution in [0.1, 0.15) is 23.7 Å². The minimum atomic E-state index is -0.949. The van der Waals surface area contributed by atoms with Crippen molar-refractivity contribution >= 4 is 40.9 Å². The molecule has 0 aliphatic heterocycles. The van der Waals surface area contributed by atoms with E-state index in [0.717, 1.165) is 11.1 Å². The lowest BCUT2D eigenvalue weighted by Crippen LogP contribution is -2.29. The van der Waals surface area contributed by atoms with E-state index in [1.165, 1.54) is 19.1 Å². The molecule has 0 saturated carbocycles. The predicted molar refractivity (Wildman–Crippen MR) is 109 cm³/mol. The number of nitrogens with one attached hydrogen (secondary N) is 1. The van der Waals surface area contributed by atoms with Gasteiger partial charge in [-0.2, -0.15) is 0 Å². The molecule has 0 saturated heterocycles. The zero-order valence-corrected chi connectivity index (χ0v) is 16.5. The molecule has 0 bridgehead atoms. The number of nitrogens with zero attached hydrogens (tertiary/aromatic N) is 2. The van der Waals surface area contributed by atoms with E-state index in [4.69, 9.17) is 16.3 Å². The molecule has 3 rings (SSSR count). The average Bonchev–Trinajstić information content (AvgIpc) is 2.98. The number of benzene rings is 1. The van der Waals surface area contributed by atoms with Crippen molar-refractivity contribution < 1.29 is 14.3 Å². The maximum absolute atomic E-state index is 12.3. The highest BCUT2D eigenvalue weighted by atomic mass is 35.5. The molecule has 2 aromatic heterocycles. The molecule has 1 amide bonds. The van der Waals surface area contributed by atoms with Gasteiger partial charge in [0.1, 0.15) is 5.65 Å². The summed E-state index contributed by atoms with van der Waals surface area (Å²) >= 11 is 6.13. The summed E-state index contributed by atoms with van der Waals surface area (Å²) in [6.07, 6.45) is 3.58. The van der Waals surface area contributed by atoms with Crippen LogP contribution in [0.4, 0.5) is 5.69 Å². The van der Waals surface area contributed by atoms with Gasteiger partial charge in [-0.05, 0) is 56.2 Å². The maximum Gasteiger partial charge on any atom is 0.331 e. The Labute approximate surface area is 167 Å². The first kappa shape index (κ1) is 19.6. The van der Waals surface area contributed by atoms with E-state index in [2.05, 4.69) is 10.3 Å². The van der Waals surface area contributed by atoms with Gasteiger partial charge in [0.15, 0.2) is 11.3 Å². The fourth-order valence-corrected chi connectivity index (χ4v) is 2.89. The van der Waals surface area contributed by atoms with Gasteiger partial charge in [0, 0.05) is 18.0 Å². The van der Waals surface area contributed by atoms with Crippen molar-refractivity contribution in [1.82, 2.24) is 9.38 Å². The number of pyridine rings is 1. The van der Waals surface area contributed by atoms with E-state index in [9.17, 15) is 9.59 Å². The van der Waals surface area contributed by atoms with Crippen LogP contribution < -0.4 is 5.32 Å². The molecule has 0 spiro atoms. The van der Waals surface area contributed by atoms with Crippen LogP contribution in [0.3, 0.4) is 0 Å². The average molecular weight is 398 g/mol. The first-order chi connectivity index (χ1) is 13.3. The van der Waals surface area contributed by atoms with Gasteiger partial charge in [-0.15, -0.1) is 0 Å². The normalized spacial score (nSPS) is 12.3. The van der Waals surface area contributed by atoms with Crippen LogP contribution >= 0.6 is 11.6 Å². The number of hydrogen-bond donors (Lipinski definition) is 1. The Balaban J connectivity index is 1.65. The molecule has 0 fully saturated rings.